The zero-order valence-corrected chi connectivity index (χ0v) is 21.4. The van der Waals surface area contributed by atoms with Crippen LogP contribution in [0.5, 0.6) is 5.75 Å². The molecule has 0 aromatic heterocycles. The minimum absolute atomic E-state index is 0.0962. The van der Waals surface area contributed by atoms with E-state index in [-0.39, 0.29) is 12.2 Å². The Morgan fingerprint density at radius 2 is 1.68 bits per heavy atom. The van der Waals surface area contributed by atoms with Crippen LogP contribution in [0, 0.1) is 11.3 Å². The third-order valence-electron chi connectivity index (χ3n) is 4.60. The number of nitrogens with one attached hydrogen (secondary N) is 1. The number of hydrogen-bond donors (Lipinski definition) is 1. The summed E-state index contributed by atoms with van der Waals surface area (Å²) in [6.07, 6.45) is 1.48. The van der Waals surface area contributed by atoms with Crippen molar-refractivity contribution in [2.75, 3.05) is 11.9 Å². The molecule has 0 heterocycles. The van der Waals surface area contributed by atoms with Crippen molar-refractivity contribution < 1.29 is 19.1 Å². The number of carbonyl (C=O) groups is 2. The minimum Gasteiger partial charge on any atom is -0.488 e. The molecule has 0 atom stereocenters. The fourth-order valence-electron chi connectivity index (χ4n) is 2.91. The first kappa shape index (κ1) is 25.2. The molecule has 0 saturated carbocycles. The normalized spacial score (nSPS) is 10.8. The zero-order chi connectivity index (χ0) is 24.5. The largest absolute Gasteiger partial charge is 0.488 e. The smallest absolute Gasteiger partial charge is 0.338 e. The van der Waals surface area contributed by atoms with Crippen LogP contribution in [0.2, 0.25) is 0 Å². The quantitative estimate of drug-likeness (QED) is 0.185. The van der Waals surface area contributed by atoms with Gasteiger partial charge in [0.2, 0.25) is 0 Å². The van der Waals surface area contributed by atoms with Crippen LogP contribution in [0.15, 0.2) is 81.2 Å². The van der Waals surface area contributed by atoms with Crippen LogP contribution in [0.1, 0.15) is 28.4 Å². The molecule has 3 aromatic rings. The van der Waals surface area contributed by atoms with Crippen molar-refractivity contribution in [3.8, 4) is 11.8 Å². The summed E-state index contributed by atoms with van der Waals surface area (Å²) in [7, 11) is 0. The number of rotatable bonds is 8. The lowest BCUT2D eigenvalue weighted by Gasteiger charge is -2.11. The molecule has 0 spiro atoms. The average Bonchev–Trinajstić information content (AvgIpc) is 2.83. The van der Waals surface area contributed by atoms with E-state index in [4.69, 9.17) is 9.47 Å². The van der Waals surface area contributed by atoms with Crippen LogP contribution >= 0.6 is 31.9 Å². The van der Waals surface area contributed by atoms with Crippen LogP contribution in [-0.4, -0.2) is 18.5 Å². The van der Waals surface area contributed by atoms with Gasteiger partial charge >= 0.3 is 5.97 Å². The summed E-state index contributed by atoms with van der Waals surface area (Å²) in [4.78, 5) is 24.5. The molecule has 0 saturated heterocycles. The van der Waals surface area contributed by atoms with Gasteiger partial charge in [-0.05, 0) is 73.2 Å². The van der Waals surface area contributed by atoms with Crippen molar-refractivity contribution in [2.45, 2.75) is 13.5 Å². The number of hydrogen-bond acceptors (Lipinski definition) is 5. The SMILES string of the molecule is CCOC(=O)c1ccc(NC(=O)/C(C#N)=C/c2cc(Br)ccc2OCc2ccc(Br)cc2)cc1. The number of amides is 1. The maximum absolute atomic E-state index is 12.7. The van der Waals surface area contributed by atoms with Gasteiger partial charge < -0.3 is 14.8 Å². The van der Waals surface area contributed by atoms with E-state index in [1.165, 1.54) is 6.08 Å². The van der Waals surface area contributed by atoms with Gasteiger partial charge in [-0.2, -0.15) is 5.26 Å². The lowest BCUT2D eigenvalue weighted by molar-refractivity contribution is -0.112. The van der Waals surface area contributed by atoms with E-state index >= 15 is 0 Å². The highest BCUT2D eigenvalue weighted by Gasteiger charge is 2.13. The van der Waals surface area contributed by atoms with Gasteiger partial charge in [0.1, 0.15) is 24.0 Å². The van der Waals surface area contributed by atoms with Crippen molar-refractivity contribution in [1.29, 1.82) is 5.26 Å². The Bertz CT molecular complexity index is 1250. The number of esters is 1. The summed E-state index contributed by atoms with van der Waals surface area (Å²) in [5.41, 5.74) is 2.28. The number of benzene rings is 3. The van der Waals surface area contributed by atoms with Crippen LogP contribution in [0.25, 0.3) is 6.08 Å². The zero-order valence-electron chi connectivity index (χ0n) is 18.2. The summed E-state index contributed by atoms with van der Waals surface area (Å²) in [5, 5.41) is 12.3. The molecule has 3 rings (SSSR count). The fraction of sp³-hybridized carbons (Fsp3) is 0.115. The van der Waals surface area contributed by atoms with Gasteiger partial charge in [-0.1, -0.05) is 44.0 Å². The summed E-state index contributed by atoms with van der Waals surface area (Å²) in [6.45, 7) is 2.33. The molecular formula is C26H20Br2N2O4. The van der Waals surface area contributed by atoms with E-state index in [9.17, 15) is 14.9 Å². The third-order valence-corrected chi connectivity index (χ3v) is 5.62. The second-order valence-corrected chi connectivity index (χ2v) is 8.85. The molecule has 0 bridgehead atoms. The van der Waals surface area contributed by atoms with Gasteiger partial charge in [0.15, 0.2) is 0 Å². The molecule has 6 nitrogen and oxygen atoms in total. The van der Waals surface area contributed by atoms with Gasteiger partial charge in [0.05, 0.1) is 12.2 Å². The molecule has 0 aliphatic rings. The van der Waals surface area contributed by atoms with E-state index < -0.39 is 11.9 Å². The summed E-state index contributed by atoms with van der Waals surface area (Å²) in [6, 6.07) is 21.3. The van der Waals surface area contributed by atoms with Crippen molar-refractivity contribution in [2.24, 2.45) is 0 Å². The molecule has 1 amide bonds. The van der Waals surface area contributed by atoms with Crippen molar-refractivity contribution in [3.05, 3.63) is 97.9 Å². The van der Waals surface area contributed by atoms with Gasteiger partial charge in [0.25, 0.3) is 5.91 Å². The maximum atomic E-state index is 12.7. The Morgan fingerprint density at radius 1 is 1.00 bits per heavy atom. The first-order valence-electron chi connectivity index (χ1n) is 10.3. The summed E-state index contributed by atoms with van der Waals surface area (Å²) in [5.74, 6) is -0.487. The van der Waals surface area contributed by atoms with Crippen molar-refractivity contribution >= 4 is 55.5 Å². The highest BCUT2D eigenvalue weighted by molar-refractivity contribution is 9.10. The number of nitriles is 1. The molecule has 1 N–H and O–H groups in total. The predicted octanol–water partition coefficient (Wildman–Crippen LogP) is 6.51. The molecule has 0 unspecified atom stereocenters. The summed E-state index contributed by atoms with van der Waals surface area (Å²) < 4.78 is 12.7. The first-order chi connectivity index (χ1) is 16.4. The van der Waals surface area contributed by atoms with Gasteiger partial charge in [0, 0.05) is 20.2 Å². The molecule has 0 aliphatic heterocycles. The van der Waals surface area contributed by atoms with E-state index in [1.54, 1.807) is 43.3 Å². The Kier molecular flexibility index (Phi) is 9.02. The lowest BCUT2D eigenvalue weighted by atomic mass is 10.1. The summed E-state index contributed by atoms with van der Waals surface area (Å²) >= 11 is 6.83. The van der Waals surface area contributed by atoms with E-state index in [2.05, 4.69) is 37.2 Å². The Balaban J connectivity index is 1.76. The minimum atomic E-state index is -0.579. The molecule has 0 radical (unpaired) electrons. The standard InChI is InChI=1S/C26H20Br2N2O4/c1-2-33-26(32)18-5-10-23(11-6-18)30-25(31)20(15-29)13-19-14-22(28)9-12-24(19)34-16-17-3-7-21(27)8-4-17/h3-14H,2,16H2,1H3,(H,30,31)/b20-13+. The molecule has 172 valence electrons. The van der Waals surface area contributed by atoms with Crippen LogP contribution in [0.4, 0.5) is 5.69 Å². The van der Waals surface area contributed by atoms with Crippen molar-refractivity contribution in [3.63, 3.8) is 0 Å². The second-order valence-electron chi connectivity index (χ2n) is 7.02. The lowest BCUT2D eigenvalue weighted by Crippen LogP contribution is -2.14. The van der Waals surface area contributed by atoms with Crippen LogP contribution < -0.4 is 10.1 Å². The number of carbonyl (C=O) groups excluding carboxylic acids is 2. The molecule has 8 heteroatoms. The Hall–Kier alpha value is -3.41. The highest BCUT2D eigenvalue weighted by atomic mass is 79.9. The number of halogens is 2. The van der Waals surface area contributed by atoms with E-state index in [1.807, 2.05) is 36.4 Å². The average molecular weight is 584 g/mol. The molecular weight excluding hydrogens is 564 g/mol. The number of nitrogens with zero attached hydrogens (tertiary/aromatic N) is 1. The third kappa shape index (κ3) is 7.04. The predicted molar refractivity (Wildman–Crippen MR) is 137 cm³/mol. The number of ether oxygens (including phenoxy) is 2. The van der Waals surface area contributed by atoms with E-state index in [0.29, 0.717) is 29.2 Å². The molecule has 34 heavy (non-hydrogen) atoms. The first-order valence-corrected chi connectivity index (χ1v) is 11.9. The topological polar surface area (TPSA) is 88.4 Å². The monoisotopic (exact) mass is 582 g/mol. The van der Waals surface area contributed by atoms with Crippen LogP contribution in [0.3, 0.4) is 0 Å². The van der Waals surface area contributed by atoms with Gasteiger partial charge in [-0.3, -0.25) is 4.79 Å². The Morgan fingerprint density at radius 3 is 2.32 bits per heavy atom. The van der Waals surface area contributed by atoms with E-state index in [0.717, 1.165) is 14.5 Å². The molecule has 3 aromatic carbocycles. The maximum Gasteiger partial charge on any atom is 0.338 e. The Labute approximate surface area is 214 Å². The van der Waals surface area contributed by atoms with Crippen molar-refractivity contribution in [1.82, 2.24) is 0 Å². The highest BCUT2D eigenvalue weighted by Crippen LogP contribution is 2.27. The molecule has 0 aliphatic carbocycles. The number of anilines is 1. The van der Waals surface area contributed by atoms with Gasteiger partial charge in [-0.25, -0.2) is 4.79 Å². The van der Waals surface area contributed by atoms with Crippen LogP contribution in [-0.2, 0) is 16.1 Å². The second kappa shape index (κ2) is 12.2. The van der Waals surface area contributed by atoms with Gasteiger partial charge in [-0.15, -0.1) is 0 Å². The fourth-order valence-corrected chi connectivity index (χ4v) is 3.55. The molecule has 0 fully saturated rings.